The van der Waals surface area contributed by atoms with Gasteiger partial charge in [-0.15, -0.1) is 0 Å². The number of hydrogen-bond donors (Lipinski definition) is 1. The summed E-state index contributed by atoms with van der Waals surface area (Å²) in [7, 11) is -3.44. The molecule has 1 aliphatic heterocycles. The smallest absolute Gasteiger partial charge is 0.199 e. The molecule has 25 heavy (non-hydrogen) atoms. The molecule has 0 bridgehead atoms. The van der Waals surface area contributed by atoms with E-state index in [-0.39, 0.29) is 6.04 Å². The molecule has 2 aliphatic rings. The number of nitrogens with zero attached hydrogens (tertiary/aromatic N) is 1. The van der Waals surface area contributed by atoms with E-state index >= 15 is 0 Å². The van der Waals surface area contributed by atoms with E-state index in [4.69, 9.17) is 11.6 Å². The van der Waals surface area contributed by atoms with Gasteiger partial charge in [0.1, 0.15) is 0 Å². The third-order valence-electron chi connectivity index (χ3n) is 5.23. The van der Waals surface area contributed by atoms with Crippen LogP contribution >= 0.6 is 11.6 Å². The van der Waals surface area contributed by atoms with Crippen molar-refractivity contribution in [1.29, 1.82) is 0 Å². The molecule has 4 nitrogen and oxygen atoms in total. The molecule has 0 aromatic heterocycles. The van der Waals surface area contributed by atoms with Crippen molar-refractivity contribution in [2.75, 3.05) is 6.54 Å². The molecule has 2 aromatic rings. The highest BCUT2D eigenvalue weighted by molar-refractivity contribution is 7.87. The average molecular weight is 377 g/mol. The second kappa shape index (κ2) is 6.72. The summed E-state index contributed by atoms with van der Waals surface area (Å²) < 4.78 is 29.8. The second-order valence-electron chi connectivity index (χ2n) is 6.89. The topological polar surface area (TPSA) is 49.4 Å². The Kier molecular flexibility index (Phi) is 4.58. The molecule has 6 heteroatoms. The first-order valence-electron chi connectivity index (χ1n) is 8.61. The van der Waals surface area contributed by atoms with Crippen molar-refractivity contribution >= 4 is 21.8 Å². The van der Waals surface area contributed by atoms with Gasteiger partial charge >= 0.3 is 0 Å². The average Bonchev–Trinajstić information content (AvgIpc) is 2.58. The van der Waals surface area contributed by atoms with Crippen molar-refractivity contribution < 1.29 is 8.42 Å². The molecule has 0 amide bonds. The number of hydrogen-bond acceptors (Lipinski definition) is 2. The molecule has 0 atom stereocenters. The molecule has 2 aromatic carbocycles. The lowest BCUT2D eigenvalue weighted by Gasteiger charge is -2.38. The van der Waals surface area contributed by atoms with Crippen LogP contribution in [0.5, 0.6) is 0 Å². The van der Waals surface area contributed by atoms with Crippen LogP contribution < -0.4 is 4.72 Å². The summed E-state index contributed by atoms with van der Waals surface area (Å²) in [4.78, 5) is 0. The minimum atomic E-state index is -3.44. The summed E-state index contributed by atoms with van der Waals surface area (Å²) in [6.45, 7) is 0.999. The van der Waals surface area contributed by atoms with Crippen molar-refractivity contribution in [1.82, 2.24) is 9.03 Å². The van der Waals surface area contributed by atoms with E-state index in [0.717, 1.165) is 29.8 Å². The number of fused-ring (bicyclic) bond motifs is 1. The Morgan fingerprint density at radius 3 is 2.40 bits per heavy atom. The molecule has 0 radical (unpaired) electrons. The van der Waals surface area contributed by atoms with Crippen LogP contribution in [0.1, 0.15) is 35.4 Å². The fraction of sp³-hybridized carbons (Fsp3) is 0.368. The van der Waals surface area contributed by atoms with Crippen LogP contribution in [0.4, 0.5) is 0 Å². The summed E-state index contributed by atoms with van der Waals surface area (Å²) in [5, 5.41) is 0.728. The third kappa shape index (κ3) is 3.60. The van der Waals surface area contributed by atoms with Crippen LogP contribution in [0.25, 0.3) is 0 Å². The number of rotatable bonds is 4. The van der Waals surface area contributed by atoms with E-state index in [1.165, 1.54) is 11.1 Å². The Labute approximate surface area is 154 Å². The van der Waals surface area contributed by atoms with Crippen LogP contribution in [0.3, 0.4) is 0 Å². The van der Waals surface area contributed by atoms with Gasteiger partial charge in [-0.2, -0.15) is 17.4 Å². The zero-order valence-corrected chi connectivity index (χ0v) is 15.4. The van der Waals surface area contributed by atoms with Crippen LogP contribution in [-0.4, -0.2) is 25.3 Å². The van der Waals surface area contributed by atoms with Gasteiger partial charge in [-0.1, -0.05) is 48.0 Å². The van der Waals surface area contributed by atoms with Crippen LogP contribution in [0.15, 0.2) is 48.5 Å². The Bertz CT molecular complexity index is 861. The van der Waals surface area contributed by atoms with E-state index in [2.05, 4.69) is 10.8 Å². The van der Waals surface area contributed by atoms with E-state index in [1.54, 1.807) is 4.31 Å². The second-order valence-corrected chi connectivity index (χ2v) is 9.03. The lowest BCUT2D eigenvalue weighted by Crippen LogP contribution is -2.50. The predicted molar refractivity (Wildman–Crippen MR) is 99.8 cm³/mol. The molecule has 1 heterocycles. The lowest BCUT2D eigenvalue weighted by atomic mass is 9.76. The van der Waals surface area contributed by atoms with Crippen molar-refractivity contribution in [3.05, 3.63) is 70.2 Å². The third-order valence-corrected chi connectivity index (χ3v) is 7.11. The molecule has 4 rings (SSSR count). The molecular formula is C19H21ClN2O2S. The minimum absolute atomic E-state index is 0.0165. The monoisotopic (exact) mass is 376 g/mol. The van der Waals surface area contributed by atoms with E-state index in [1.807, 2.05) is 42.5 Å². The van der Waals surface area contributed by atoms with Gasteiger partial charge in [-0.25, -0.2) is 0 Å². The van der Waals surface area contributed by atoms with Gasteiger partial charge in [-0.3, -0.25) is 0 Å². The molecular weight excluding hydrogens is 356 g/mol. The molecule has 0 saturated heterocycles. The van der Waals surface area contributed by atoms with E-state index in [9.17, 15) is 8.42 Å². The summed E-state index contributed by atoms with van der Waals surface area (Å²) >= 11 is 5.92. The Morgan fingerprint density at radius 1 is 1.00 bits per heavy atom. The molecule has 0 unspecified atom stereocenters. The summed E-state index contributed by atoms with van der Waals surface area (Å²) in [5.41, 5.74) is 3.58. The van der Waals surface area contributed by atoms with E-state index in [0.29, 0.717) is 19.0 Å². The quantitative estimate of drug-likeness (QED) is 0.888. The largest absolute Gasteiger partial charge is 0.280 e. The highest BCUT2D eigenvalue weighted by Crippen LogP contribution is 2.37. The van der Waals surface area contributed by atoms with Crippen LogP contribution in [0, 0.1) is 0 Å². The minimum Gasteiger partial charge on any atom is -0.199 e. The summed E-state index contributed by atoms with van der Waals surface area (Å²) in [6.07, 6.45) is 2.45. The maximum Gasteiger partial charge on any atom is 0.280 e. The summed E-state index contributed by atoms with van der Waals surface area (Å²) in [6, 6.07) is 15.9. The first-order chi connectivity index (χ1) is 12.0. The Balaban J connectivity index is 1.36. The highest BCUT2D eigenvalue weighted by atomic mass is 35.5. The van der Waals surface area contributed by atoms with Crippen molar-refractivity contribution in [3.8, 4) is 0 Å². The van der Waals surface area contributed by atoms with Crippen LogP contribution in [0.2, 0.25) is 5.02 Å². The number of halogens is 1. The number of benzene rings is 2. The zero-order chi connectivity index (χ0) is 17.4. The molecule has 1 fully saturated rings. The molecule has 1 N–H and O–H groups in total. The SMILES string of the molecule is O=S(=O)(NC1CC(c2ccc(Cl)cc2)C1)N1CCc2ccccc2C1. The van der Waals surface area contributed by atoms with Gasteiger partial charge in [-0.05, 0) is 54.0 Å². The van der Waals surface area contributed by atoms with Gasteiger partial charge < -0.3 is 0 Å². The van der Waals surface area contributed by atoms with Gasteiger partial charge in [0.15, 0.2) is 0 Å². The summed E-state index contributed by atoms with van der Waals surface area (Å²) in [5.74, 6) is 0.409. The number of nitrogens with one attached hydrogen (secondary N) is 1. The molecule has 132 valence electrons. The van der Waals surface area contributed by atoms with Gasteiger partial charge in [0.05, 0.1) is 0 Å². The van der Waals surface area contributed by atoms with Crippen molar-refractivity contribution in [3.63, 3.8) is 0 Å². The maximum atomic E-state index is 12.7. The van der Waals surface area contributed by atoms with E-state index < -0.39 is 10.2 Å². The molecule has 1 aliphatic carbocycles. The first-order valence-corrected chi connectivity index (χ1v) is 10.4. The van der Waals surface area contributed by atoms with Crippen LogP contribution in [-0.2, 0) is 23.2 Å². The van der Waals surface area contributed by atoms with Crippen molar-refractivity contribution in [2.45, 2.75) is 37.8 Å². The predicted octanol–water partition coefficient (Wildman–Crippen LogP) is 3.48. The van der Waals surface area contributed by atoms with Crippen molar-refractivity contribution in [2.24, 2.45) is 0 Å². The van der Waals surface area contributed by atoms with Gasteiger partial charge in [0.25, 0.3) is 10.2 Å². The normalized spacial score (nSPS) is 23.7. The maximum absolute atomic E-state index is 12.7. The molecule has 1 saturated carbocycles. The fourth-order valence-electron chi connectivity index (χ4n) is 3.68. The zero-order valence-electron chi connectivity index (χ0n) is 13.9. The highest BCUT2D eigenvalue weighted by Gasteiger charge is 2.35. The van der Waals surface area contributed by atoms with Gasteiger partial charge in [0.2, 0.25) is 0 Å². The first kappa shape index (κ1) is 17.0. The van der Waals surface area contributed by atoms with Gasteiger partial charge in [0, 0.05) is 24.2 Å². The fourth-order valence-corrected chi connectivity index (χ4v) is 5.21. The Hall–Kier alpha value is -1.40. The lowest BCUT2D eigenvalue weighted by molar-refractivity contribution is 0.309. The standard InChI is InChI=1S/C19H21ClN2O2S/c20-18-7-5-15(6-8-18)17-11-19(12-17)21-25(23,24)22-10-9-14-3-1-2-4-16(14)13-22/h1-8,17,19,21H,9-13H2. The Morgan fingerprint density at radius 2 is 1.68 bits per heavy atom. The molecule has 0 spiro atoms.